The lowest BCUT2D eigenvalue weighted by Gasteiger charge is -2.22. The summed E-state index contributed by atoms with van der Waals surface area (Å²) in [5.41, 5.74) is 0.696. The van der Waals surface area contributed by atoms with E-state index in [-0.39, 0.29) is 18.2 Å². The number of furan rings is 1. The fourth-order valence-corrected chi connectivity index (χ4v) is 2.91. The van der Waals surface area contributed by atoms with Crippen molar-refractivity contribution in [3.63, 3.8) is 0 Å². The standard InChI is InChI=1S/C17H17N3O3S/c1-19-16(22)14(10-15(21)18-12-6-3-2-4-7-12)20(17(19)24)11-13-8-5-9-23-13/h2-9,14H,10-11H2,1H3,(H,18,21). The molecule has 1 atom stereocenters. The third-order valence-electron chi connectivity index (χ3n) is 3.87. The molecule has 0 radical (unpaired) electrons. The van der Waals surface area contributed by atoms with Gasteiger partial charge in [0.1, 0.15) is 11.8 Å². The fourth-order valence-electron chi connectivity index (χ4n) is 2.63. The van der Waals surface area contributed by atoms with Gasteiger partial charge in [0.05, 0.1) is 19.2 Å². The van der Waals surface area contributed by atoms with E-state index >= 15 is 0 Å². The maximum absolute atomic E-state index is 12.4. The highest BCUT2D eigenvalue weighted by Gasteiger charge is 2.41. The molecule has 0 bridgehead atoms. The molecule has 0 aliphatic carbocycles. The largest absolute Gasteiger partial charge is 0.467 e. The quantitative estimate of drug-likeness (QED) is 0.844. The van der Waals surface area contributed by atoms with Crippen molar-refractivity contribution in [2.24, 2.45) is 0 Å². The number of carbonyl (C=O) groups is 2. The van der Waals surface area contributed by atoms with Gasteiger partial charge in [-0.2, -0.15) is 0 Å². The van der Waals surface area contributed by atoms with Crippen molar-refractivity contribution in [3.05, 3.63) is 54.5 Å². The Morgan fingerprint density at radius 3 is 2.67 bits per heavy atom. The van der Waals surface area contributed by atoms with Gasteiger partial charge in [-0.3, -0.25) is 14.5 Å². The number of thiocarbonyl (C=S) groups is 1. The molecule has 1 aromatic heterocycles. The van der Waals surface area contributed by atoms with Gasteiger partial charge >= 0.3 is 0 Å². The lowest BCUT2D eigenvalue weighted by Crippen LogP contribution is -2.37. The fraction of sp³-hybridized carbons (Fsp3) is 0.235. The van der Waals surface area contributed by atoms with Gasteiger partial charge in [0.25, 0.3) is 5.91 Å². The smallest absolute Gasteiger partial charge is 0.251 e. The zero-order valence-corrected chi connectivity index (χ0v) is 14.0. The lowest BCUT2D eigenvalue weighted by atomic mass is 10.1. The van der Waals surface area contributed by atoms with Gasteiger partial charge in [-0.25, -0.2) is 0 Å². The van der Waals surface area contributed by atoms with E-state index in [0.717, 1.165) is 0 Å². The van der Waals surface area contributed by atoms with Crippen LogP contribution in [0.5, 0.6) is 0 Å². The highest BCUT2D eigenvalue weighted by atomic mass is 32.1. The number of para-hydroxylation sites is 1. The van der Waals surface area contributed by atoms with Crippen LogP contribution in [0.25, 0.3) is 0 Å². The van der Waals surface area contributed by atoms with E-state index in [1.54, 1.807) is 36.4 Å². The Balaban J connectivity index is 1.72. The molecule has 2 heterocycles. The molecular weight excluding hydrogens is 326 g/mol. The van der Waals surface area contributed by atoms with E-state index in [0.29, 0.717) is 23.1 Å². The number of hydrogen-bond donors (Lipinski definition) is 1. The van der Waals surface area contributed by atoms with Crippen LogP contribution in [0.3, 0.4) is 0 Å². The summed E-state index contributed by atoms with van der Waals surface area (Å²) in [6.45, 7) is 0.352. The summed E-state index contributed by atoms with van der Waals surface area (Å²) in [5.74, 6) is 0.269. The van der Waals surface area contributed by atoms with Crippen molar-refractivity contribution < 1.29 is 14.0 Å². The predicted molar refractivity (Wildman–Crippen MR) is 93.1 cm³/mol. The van der Waals surface area contributed by atoms with Crippen LogP contribution in [0.15, 0.2) is 53.1 Å². The predicted octanol–water partition coefficient (Wildman–Crippen LogP) is 2.24. The SMILES string of the molecule is CN1C(=O)C(CC(=O)Nc2ccccc2)N(Cc2ccco2)C1=S. The minimum Gasteiger partial charge on any atom is -0.467 e. The van der Waals surface area contributed by atoms with E-state index in [1.807, 2.05) is 24.3 Å². The average molecular weight is 343 g/mol. The zero-order valence-electron chi connectivity index (χ0n) is 13.1. The number of rotatable bonds is 5. The summed E-state index contributed by atoms with van der Waals surface area (Å²) in [5, 5.41) is 3.19. The van der Waals surface area contributed by atoms with Gasteiger partial charge in [-0.15, -0.1) is 0 Å². The van der Waals surface area contributed by atoms with Gasteiger partial charge in [-0.05, 0) is 36.5 Å². The molecule has 1 N–H and O–H groups in total. The van der Waals surface area contributed by atoms with E-state index < -0.39 is 6.04 Å². The second-order valence-corrected chi connectivity index (χ2v) is 5.89. The zero-order chi connectivity index (χ0) is 17.1. The molecule has 1 aliphatic heterocycles. The third-order valence-corrected chi connectivity index (χ3v) is 4.38. The summed E-state index contributed by atoms with van der Waals surface area (Å²) in [4.78, 5) is 27.9. The number of nitrogens with zero attached hydrogens (tertiary/aromatic N) is 2. The van der Waals surface area contributed by atoms with Crippen LogP contribution in [0.2, 0.25) is 0 Å². The maximum Gasteiger partial charge on any atom is 0.251 e. The van der Waals surface area contributed by atoms with Crippen molar-refractivity contribution in [1.29, 1.82) is 0 Å². The molecule has 24 heavy (non-hydrogen) atoms. The molecule has 6 nitrogen and oxygen atoms in total. The van der Waals surface area contributed by atoms with E-state index in [4.69, 9.17) is 16.6 Å². The lowest BCUT2D eigenvalue weighted by molar-refractivity contribution is -0.130. The minimum absolute atomic E-state index is 0.0267. The summed E-state index contributed by atoms with van der Waals surface area (Å²) >= 11 is 5.33. The molecule has 124 valence electrons. The van der Waals surface area contributed by atoms with Crippen LogP contribution in [-0.2, 0) is 16.1 Å². The number of amides is 2. The van der Waals surface area contributed by atoms with Gasteiger partial charge in [0.15, 0.2) is 5.11 Å². The first-order valence-electron chi connectivity index (χ1n) is 7.51. The number of likely N-dealkylation sites (N-methyl/N-ethyl adjacent to an activating group) is 1. The first-order valence-corrected chi connectivity index (χ1v) is 7.92. The number of carbonyl (C=O) groups excluding carboxylic acids is 2. The van der Waals surface area contributed by atoms with Crippen LogP contribution < -0.4 is 5.32 Å². The van der Waals surface area contributed by atoms with Gasteiger partial charge in [0, 0.05) is 12.7 Å². The molecule has 0 spiro atoms. The first-order chi connectivity index (χ1) is 11.6. The Bertz CT molecular complexity index is 746. The minimum atomic E-state index is -0.628. The molecule has 3 rings (SSSR count). The van der Waals surface area contributed by atoms with Crippen LogP contribution in [-0.4, -0.2) is 39.8 Å². The van der Waals surface area contributed by atoms with Crippen LogP contribution in [0, 0.1) is 0 Å². The van der Waals surface area contributed by atoms with Gasteiger partial charge in [0.2, 0.25) is 5.91 Å². The average Bonchev–Trinajstić information content (AvgIpc) is 3.15. The van der Waals surface area contributed by atoms with E-state index in [2.05, 4.69) is 5.32 Å². The Morgan fingerprint density at radius 2 is 2.00 bits per heavy atom. The van der Waals surface area contributed by atoms with Gasteiger partial charge in [-0.1, -0.05) is 18.2 Å². The Labute approximate surface area is 145 Å². The Hall–Kier alpha value is -2.67. The third kappa shape index (κ3) is 3.30. The van der Waals surface area contributed by atoms with Crippen molar-refractivity contribution in [2.75, 3.05) is 12.4 Å². The first kappa shape index (κ1) is 16.2. The van der Waals surface area contributed by atoms with Crippen LogP contribution in [0.4, 0.5) is 5.69 Å². The molecule has 1 aliphatic rings. The summed E-state index contributed by atoms with van der Waals surface area (Å²) in [7, 11) is 1.62. The van der Waals surface area contributed by atoms with Crippen LogP contribution >= 0.6 is 12.2 Å². The molecular formula is C17H17N3O3S. The van der Waals surface area contributed by atoms with Crippen LogP contribution in [0.1, 0.15) is 12.2 Å². The second kappa shape index (κ2) is 6.84. The molecule has 1 unspecified atom stereocenters. The molecule has 2 amide bonds. The highest BCUT2D eigenvalue weighted by molar-refractivity contribution is 7.80. The van der Waals surface area contributed by atoms with Crippen molar-refractivity contribution in [1.82, 2.24) is 9.80 Å². The normalized spacial score (nSPS) is 17.5. The summed E-state index contributed by atoms with van der Waals surface area (Å²) < 4.78 is 5.33. The molecule has 0 saturated carbocycles. The summed E-state index contributed by atoms with van der Waals surface area (Å²) in [6.07, 6.45) is 1.59. The number of benzene rings is 1. The second-order valence-electron chi connectivity index (χ2n) is 5.52. The number of nitrogens with one attached hydrogen (secondary N) is 1. The monoisotopic (exact) mass is 343 g/mol. The molecule has 7 heteroatoms. The molecule has 1 aromatic carbocycles. The van der Waals surface area contributed by atoms with Crippen molar-refractivity contribution in [3.8, 4) is 0 Å². The van der Waals surface area contributed by atoms with Crippen molar-refractivity contribution in [2.45, 2.75) is 19.0 Å². The number of hydrogen-bond acceptors (Lipinski definition) is 4. The topological polar surface area (TPSA) is 65.8 Å². The van der Waals surface area contributed by atoms with Crippen molar-refractivity contribution >= 4 is 34.8 Å². The highest BCUT2D eigenvalue weighted by Crippen LogP contribution is 2.22. The maximum atomic E-state index is 12.4. The molecule has 1 saturated heterocycles. The Morgan fingerprint density at radius 1 is 1.25 bits per heavy atom. The van der Waals surface area contributed by atoms with Gasteiger partial charge < -0.3 is 14.6 Å². The van der Waals surface area contributed by atoms with E-state index in [9.17, 15) is 9.59 Å². The number of anilines is 1. The molecule has 1 fully saturated rings. The Kier molecular flexibility index (Phi) is 4.61. The van der Waals surface area contributed by atoms with E-state index in [1.165, 1.54) is 4.90 Å². The molecule has 2 aromatic rings. The summed E-state index contributed by atoms with van der Waals surface area (Å²) in [6, 6.07) is 12.1.